The van der Waals surface area contributed by atoms with Crippen LogP contribution in [0.15, 0.2) is 42.5 Å². The molecular formula is C20H13F5. The molecule has 0 saturated heterocycles. The van der Waals surface area contributed by atoms with Gasteiger partial charge in [-0.1, -0.05) is 12.1 Å². The van der Waals surface area contributed by atoms with Crippen molar-refractivity contribution in [2.45, 2.75) is 13.8 Å². The van der Waals surface area contributed by atoms with E-state index in [0.717, 1.165) is 30.3 Å². The second kappa shape index (κ2) is 6.31. The van der Waals surface area contributed by atoms with Gasteiger partial charge in [-0.3, -0.25) is 0 Å². The van der Waals surface area contributed by atoms with Gasteiger partial charge in [-0.25, -0.2) is 22.0 Å². The second-order valence-corrected chi connectivity index (χ2v) is 5.86. The van der Waals surface area contributed by atoms with Crippen LogP contribution in [0.3, 0.4) is 0 Å². The topological polar surface area (TPSA) is 0 Å². The van der Waals surface area contributed by atoms with E-state index in [1.54, 1.807) is 6.92 Å². The van der Waals surface area contributed by atoms with E-state index in [0.29, 0.717) is 5.56 Å². The summed E-state index contributed by atoms with van der Waals surface area (Å²) in [4.78, 5) is 0. The first-order chi connectivity index (χ1) is 11.8. The zero-order valence-corrected chi connectivity index (χ0v) is 13.4. The van der Waals surface area contributed by atoms with Crippen molar-refractivity contribution in [3.8, 4) is 22.3 Å². The van der Waals surface area contributed by atoms with Gasteiger partial charge in [-0.2, -0.15) is 0 Å². The molecule has 0 bridgehead atoms. The van der Waals surface area contributed by atoms with Gasteiger partial charge in [0.2, 0.25) is 0 Å². The van der Waals surface area contributed by atoms with E-state index in [9.17, 15) is 22.0 Å². The molecule has 0 atom stereocenters. The van der Waals surface area contributed by atoms with Crippen molar-refractivity contribution in [3.05, 3.63) is 82.7 Å². The van der Waals surface area contributed by atoms with Crippen LogP contribution in [0, 0.1) is 42.9 Å². The Morgan fingerprint density at radius 1 is 0.560 bits per heavy atom. The summed E-state index contributed by atoms with van der Waals surface area (Å²) < 4.78 is 69.9. The Labute approximate surface area is 141 Å². The molecule has 0 spiro atoms. The fraction of sp³-hybridized carbons (Fsp3) is 0.100. The molecule has 0 N–H and O–H groups in total. The van der Waals surface area contributed by atoms with E-state index in [-0.39, 0.29) is 27.8 Å². The first-order valence-corrected chi connectivity index (χ1v) is 7.49. The van der Waals surface area contributed by atoms with Crippen LogP contribution in [0.4, 0.5) is 22.0 Å². The highest BCUT2D eigenvalue weighted by Gasteiger charge is 2.16. The molecular weight excluding hydrogens is 335 g/mol. The van der Waals surface area contributed by atoms with Crippen molar-refractivity contribution < 1.29 is 22.0 Å². The molecule has 0 fully saturated rings. The minimum atomic E-state index is -0.834. The molecule has 0 nitrogen and oxygen atoms in total. The van der Waals surface area contributed by atoms with Crippen LogP contribution in [0.2, 0.25) is 0 Å². The molecule has 128 valence electrons. The van der Waals surface area contributed by atoms with Crippen LogP contribution in [-0.2, 0) is 0 Å². The molecule has 25 heavy (non-hydrogen) atoms. The first-order valence-electron chi connectivity index (χ1n) is 7.49. The fourth-order valence-electron chi connectivity index (χ4n) is 2.68. The molecule has 3 aromatic carbocycles. The van der Waals surface area contributed by atoms with Gasteiger partial charge in [-0.05, 0) is 60.9 Å². The molecule has 0 amide bonds. The van der Waals surface area contributed by atoms with Crippen LogP contribution >= 0.6 is 0 Å². The largest absolute Gasteiger partial charge is 0.207 e. The Morgan fingerprint density at radius 2 is 1.08 bits per heavy atom. The summed E-state index contributed by atoms with van der Waals surface area (Å²) in [6.45, 7) is 2.82. The molecule has 0 aliphatic carbocycles. The van der Waals surface area contributed by atoms with Crippen LogP contribution in [0.25, 0.3) is 22.3 Å². The highest BCUT2D eigenvalue weighted by atomic mass is 19.1. The highest BCUT2D eigenvalue weighted by Crippen LogP contribution is 2.32. The Kier molecular flexibility index (Phi) is 4.33. The number of benzene rings is 3. The molecule has 0 radical (unpaired) electrons. The van der Waals surface area contributed by atoms with Gasteiger partial charge in [0.25, 0.3) is 0 Å². The highest BCUT2D eigenvalue weighted by molar-refractivity contribution is 5.72. The SMILES string of the molecule is Cc1cc(F)c(-c2ccc(-c3cc(F)c(C)c(F)c3)c(F)c2)c(F)c1. The fourth-order valence-corrected chi connectivity index (χ4v) is 2.68. The maximum atomic E-state index is 14.4. The lowest BCUT2D eigenvalue weighted by Crippen LogP contribution is -1.95. The number of hydrogen-bond donors (Lipinski definition) is 0. The average Bonchev–Trinajstić information content (AvgIpc) is 2.51. The lowest BCUT2D eigenvalue weighted by molar-refractivity contribution is 0.568. The Hall–Kier alpha value is -2.69. The lowest BCUT2D eigenvalue weighted by atomic mass is 9.97. The minimum Gasteiger partial charge on any atom is -0.207 e. The van der Waals surface area contributed by atoms with E-state index >= 15 is 0 Å². The molecule has 0 aliphatic heterocycles. The molecule has 5 heteroatoms. The van der Waals surface area contributed by atoms with Crippen molar-refractivity contribution in [1.82, 2.24) is 0 Å². The van der Waals surface area contributed by atoms with Crippen LogP contribution in [-0.4, -0.2) is 0 Å². The van der Waals surface area contributed by atoms with Crippen molar-refractivity contribution in [1.29, 1.82) is 0 Å². The van der Waals surface area contributed by atoms with E-state index in [1.807, 2.05) is 0 Å². The zero-order valence-electron chi connectivity index (χ0n) is 13.4. The lowest BCUT2D eigenvalue weighted by Gasteiger charge is -2.10. The monoisotopic (exact) mass is 348 g/mol. The van der Waals surface area contributed by atoms with Gasteiger partial charge in [0, 0.05) is 11.1 Å². The number of rotatable bonds is 2. The van der Waals surface area contributed by atoms with Crippen LogP contribution < -0.4 is 0 Å². The maximum Gasteiger partial charge on any atom is 0.134 e. The molecule has 3 aromatic rings. The predicted octanol–water partition coefficient (Wildman–Crippen LogP) is 6.33. The van der Waals surface area contributed by atoms with Crippen molar-refractivity contribution in [2.24, 2.45) is 0 Å². The van der Waals surface area contributed by atoms with Gasteiger partial charge >= 0.3 is 0 Å². The van der Waals surface area contributed by atoms with E-state index in [4.69, 9.17) is 0 Å². The van der Waals surface area contributed by atoms with Crippen molar-refractivity contribution >= 4 is 0 Å². The molecule has 0 saturated carbocycles. The third-order valence-corrected chi connectivity index (χ3v) is 4.04. The van der Waals surface area contributed by atoms with Crippen molar-refractivity contribution in [3.63, 3.8) is 0 Å². The summed E-state index contributed by atoms with van der Waals surface area (Å²) in [6.07, 6.45) is 0. The van der Waals surface area contributed by atoms with Gasteiger partial charge in [0.05, 0.1) is 5.56 Å². The van der Waals surface area contributed by atoms with E-state index < -0.39 is 29.1 Å². The number of halogens is 5. The summed E-state index contributed by atoms with van der Waals surface area (Å²) in [5, 5.41) is 0. The Balaban J connectivity index is 2.12. The summed E-state index contributed by atoms with van der Waals surface area (Å²) in [7, 11) is 0. The summed E-state index contributed by atoms with van der Waals surface area (Å²) in [5.41, 5.74) is -0.156. The van der Waals surface area contributed by atoms with E-state index in [1.165, 1.54) is 19.1 Å². The van der Waals surface area contributed by atoms with E-state index in [2.05, 4.69) is 0 Å². The molecule has 0 unspecified atom stereocenters. The Morgan fingerprint density at radius 3 is 1.60 bits per heavy atom. The maximum absolute atomic E-state index is 14.4. The third-order valence-electron chi connectivity index (χ3n) is 4.04. The summed E-state index contributed by atoms with van der Waals surface area (Å²) >= 11 is 0. The molecule has 0 aliphatic rings. The van der Waals surface area contributed by atoms with Crippen LogP contribution in [0.1, 0.15) is 11.1 Å². The number of aryl methyl sites for hydroxylation is 1. The second-order valence-electron chi connectivity index (χ2n) is 5.86. The molecule has 0 aromatic heterocycles. The smallest absolute Gasteiger partial charge is 0.134 e. The van der Waals surface area contributed by atoms with Gasteiger partial charge in [0.1, 0.15) is 29.1 Å². The summed E-state index contributed by atoms with van der Waals surface area (Å²) in [6, 6.07) is 7.83. The van der Waals surface area contributed by atoms with Crippen LogP contribution in [0.5, 0.6) is 0 Å². The number of hydrogen-bond acceptors (Lipinski definition) is 0. The van der Waals surface area contributed by atoms with Crippen molar-refractivity contribution in [2.75, 3.05) is 0 Å². The van der Waals surface area contributed by atoms with Gasteiger partial charge in [0.15, 0.2) is 0 Å². The quantitative estimate of drug-likeness (QED) is 0.475. The normalized spacial score (nSPS) is 11.0. The Bertz CT molecular complexity index is 930. The summed E-state index contributed by atoms with van der Waals surface area (Å²) in [5.74, 6) is -4.04. The standard InChI is InChI=1S/C20H13F5/c1-10-5-18(24)20(19(25)6-10)12-3-4-14(17(23)7-12)13-8-15(21)11(2)16(22)9-13/h3-9H,1-2H3. The first kappa shape index (κ1) is 17.1. The minimum absolute atomic E-state index is 0.00399. The third kappa shape index (κ3) is 3.14. The average molecular weight is 348 g/mol. The van der Waals surface area contributed by atoms with Gasteiger partial charge < -0.3 is 0 Å². The molecule has 0 heterocycles. The zero-order chi connectivity index (χ0) is 18.3. The predicted molar refractivity (Wildman–Crippen MR) is 86.6 cm³/mol. The van der Waals surface area contributed by atoms with Gasteiger partial charge in [-0.15, -0.1) is 0 Å². The molecule has 3 rings (SSSR count).